The second-order valence-electron chi connectivity index (χ2n) is 3.92. The van der Waals surface area contributed by atoms with E-state index in [4.69, 9.17) is 11.6 Å². The second kappa shape index (κ2) is 5.92. The molecule has 1 amide bonds. The molecule has 0 fully saturated rings. The summed E-state index contributed by atoms with van der Waals surface area (Å²) in [6.45, 7) is 2.70. The fourth-order valence-corrected chi connectivity index (χ4v) is 1.75. The highest BCUT2D eigenvalue weighted by Crippen LogP contribution is 2.12. The first-order chi connectivity index (χ1) is 7.52. The Morgan fingerprint density at radius 2 is 2.31 bits per heavy atom. The van der Waals surface area contributed by atoms with Gasteiger partial charge in [-0.05, 0) is 13.0 Å². The summed E-state index contributed by atoms with van der Waals surface area (Å²) in [5.74, 6) is 0.0462. The Morgan fingerprint density at radius 1 is 1.62 bits per heavy atom. The van der Waals surface area contributed by atoms with Crippen LogP contribution < -0.4 is 10.6 Å². The molecule has 0 aliphatic carbocycles. The smallest absolute Gasteiger partial charge is 0.221 e. The molecule has 1 atom stereocenters. The minimum Gasteiger partial charge on any atom is -0.359 e. The van der Waals surface area contributed by atoms with Crippen molar-refractivity contribution in [3.63, 3.8) is 0 Å². The van der Waals surface area contributed by atoms with E-state index in [1.54, 1.807) is 7.05 Å². The quantitative estimate of drug-likeness (QED) is 0.819. The Kier molecular flexibility index (Phi) is 4.83. The zero-order chi connectivity index (χ0) is 12.1. The van der Waals surface area contributed by atoms with E-state index >= 15 is 0 Å². The molecule has 0 aliphatic heterocycles. The van der Waals surface area contributed by atoms with Crippen molar-refractivity contribution in [2.24, 2.45) is 7.05 Å². The fourth-order valence-electron chi connectivity index (χ4n) is 1.47. The summed E-state index contributed by atoms with van der Waals surface area (Å²) in [4.78, 5) is 11.1. The van der Waals surface area contributed by atoms with Crippen LogP contribution in [0.1, 0.15) is 19.0 Å². The molecule has 0 saturated heterocycles. The molecule has 0 bridgehead atoms. The van der Waals surface area contributed by atoms with Crippen LogP contribution in [0, 0.1) is 0 Å². The van der Waals surface area contributed by atoms with Gasteiger partial charge < -0.3 is 15.2 Å². The predicted molar refractivity (Wildman–Crippen MR) is 65.4 cm³/mol. The minimum absolute atomic E-state index is 0.0462. The molecular weight excluding hydrogens is 226 g/mol. The largest absolute Gasteiger partial charge is 0.359 e. The molecule has 16 heavy (non-hydrogen) atoms. The van der Waals surface area contributed by atoms with Crippen molar-refractivity contribution in [1.29, 1.82) is 0 Å². The summed E-state index contributed by atoms with van der Waals surface area (Å²) < 4.78 is 1.97. The van der Waals surface area contributed by atoms with Crippen molar-refractivity contribution < 1.29 is 4.79 Å². The molecule has 0 spiro atoms. The number of hydrogen-bond acceptors (Lipinski definition) is 2. The predicted octanol–water partition coefficient (Wildman–Crippen LogP) is 1.29. The van der Waals surface area contributed by atoms with E-state index in [1.165, 1.54) is 0 Å². The maximum absolute atomic E-state index is 11.1. The number of nitrogens with zero attached hydrogens (tertiary/aromatic N) is 1. The monoisotopic (exact) mass is 243 g/mol. The number of aromatic nitrogens is 1. The summed E-state index contributed by atoms with van der Waals surface area (Å²) in [6.07, 6.45) is 2.34. The Balaban J connectivity index is 2.39. The Bertz CT molecular complexity index is 362. The molecule has 1 rings (SSSR count). The second-order valence-corrected chi connectivity index (χ2v) is 4.36. The van der Waals surface area contributed by atoms with E-state index in [-0.39, 0.29) is 11.9 Å². The van der Waals surface area contributed by atoms with Crippen molar-refractivity contribution in [3.8, 4) is 0 Å². The average Bonchev–Trinajstić information content (AvgIpc) is 2.54. The Labute approximate surface area is 101 Å². The highest BCUT2D eigenvalue weighted by molar-refractivity contribution is 6.30. The summed E-state index contributed by atoms with van der Waals surface area (Å²) in [5.41, 5.74) is 1.11. The molecule has 2 N–H and O–H groups in total. The summed E-state index contributed by atoms with van der Waals surface area (Å²) in [5, 5.41) is 6.62. The Hall–Kier alpha value is -1.00. The molecule has 4 nitrogen and oxygen atoms in total. The number of carbonyl (C=O) groups is 1. The van der Waals surface area contributed by atoms with Crippen LogP contribution >= 0.6 is 11.6 Å². The lowest BCUT2D eigenvalue weighted by Gasteiger charge is -2.13. The van der Waals surface area contributed by atoms with Crippen molar-refractivity contribution >= 4 is 17.5 Å². The van der Waals surface area contributed by atoms with Crippen molar-refractivity contribution in [1.82, 2.24) is 15.2 Å². The third-order valence-corrected chi connectivity index (χ3v) is 2.68. The van der Waals surface area contributed by atoms with Gasteiger partial charge in [0.05, 0.1) is 5.02 Å². The number of nitrogens with one attached hydrogen (secondary N) is 2. The van der Waals surface area contributed by atoms with Crippen LogP contribution in [0.2, 0.25) is 5.02 Å². The van der Waals surface area contributed by atoms with Crippen LogP contribution in [-0.4, -0.2) is 23.6 Å². The molecule has 0 saturated carbocycles. The molecule has 1 unspecified atom stereocenters. The van der Waals surface area contributed by atoms with E-state index < -0.39 is 0 Å². The van der Waals surface area contributed by atoms with Gasteiger partial charge in [-0.1, -0.05) is 11.6 Å². The summed E-state index contributed by atoms with van der Waals surface area (Å²) in [6, 6.07) is 2.06. The van der Waals surface area contributed by atoms with Crippen molar-refractivity contribution in [2.45, 2.75) is 25.9 Å². The molecule has 1 heterocycles. The molecule has 90 valence electrons. The van der Waals surface area contributed by atoms with Gasteiger partial charge in [0.25, 0.3) is 0 Å². The average molecular weight is 244 g/mol. The number of carbonyl (C=O) groups excluding carboxylic acids is 1. The van der Waals surface area contributed by atoms with Crippen LogP contribution in [0.3, 0.4) is 0 Å². The first kappa shape index (κ1) is 13.1. The zero-order valence-electron chi connectivity index (χ0n) is 9.88. The lowest BCUT2D eigenvalue weighted by atomic mass is 10.2. The highest BCUT2D eigenvalue weighted by Gasteiger charge is 2.08. The van der Waals surface area contributed by atoms with E-state index in [2.05, 4.69) is 10.6 Å². The minimum atomic E-state index is 0.0462. The van der Waals surface area contributed by atoms with Gasteiger partial charge in [-0.25, -0.2) is 0 Å². The third kappa shape index (κ3) is 3.87. The molecule has 1 aromatic rings. The molecule has 1 aromatic heterocycles. The van der Waals surface area contributed by atoms with E-state index in [9.17, 15) is 4.79 Å². The van der Waals surface area contributed by atoms with Gasteiger partial charge in [0.1, 0.15) is 0 Å². The number of hydrogen-bond donors (Lipinski definition) is 2. The number of rotatable bonds is 5. The lowest BCUT2D eigenvalue weighted by Crippen LogP contribution is -2.32. The van der Waals surface area contributed by atoms with Crippen LogP contribution in [0.5, 0.6) is 0 Å². The number of halogens is 1. The van der Waals surface area contributed by atoms with Gasteiger partial charge >= 0.3 is 0 Å². The third-order valence-electron chi connectivity index (χ3n) is 2.48. The first-order valence-electron chi connectivity index (χ1n) is 5.27. The van der Waals surface area contributed by atoms with Crippen LogP contribution in [0.4, 0.5) is 0 Å². The highest BCUT2D eigenvalue weighted by atomic mass is 35.5. The van der Waals surface area contributed by atoms with Crippen LogP contribution in [-0.2, 0) is 18.4 Å². The summed E-state index contributed by atoms with van der Waals surface area (Å²) in [7, 11) is 3.60. The number of aryl methyl sites for hydroxylation is 1. The SMILES string of the molecule is CNC(=O)CC(C)NCc1cc(Cl)cn1C. The van der Waals surface area contributed by atoms with Gasteiger partial charge in [-0.2, -0.15) is 0 Å². The van der Waals surface area contributed by atoms with E-state index in [1.807, 2.05) is 30.8 Å². The van der Waals surface area contributed by atoms with Crippen LogP contribution in [0.15, 0.2) is 12.3 Å². The molecule has 5 heteroatoms. The van der Waals surface area contributed by atoms with Gasteiger partial charge in [-0.3, -0.25) is 4.79 Å². The Morgan fingerprint density at radius 3 is 2.81 bits per heavy atom. The lowest BCUT2D eigenvalue weighted by molar-refractivity contribution is -0.121. The number of amides is 1. The van der Waals surface area contributed by atoms with Gasteiger partial charge in [0.15, 0.2) is 0 Å². The maximum Gasteiger partial charge on any atom is 0.221 e. The zero-order valence-corrected chi connectivity index (χ0v) is 10.6. The molecule has 0 aromatic carbocycles. The standard InChI is InChI=1S/C11H18ClN3O/c1-8(4-11(16)13-2)14-6-10-5-9(12)7-15(10)3/h5,7-8,14H,4,6H2,1-3H3,(H,13,16). The topological polar surface area (TPSA) is 46.1 Å². The fraction of sp³-hybridized carbons (Fsp3) is 0.545. The molecular formula is C11H18ClN3O. The molecule has 0 radical (unpaired) electrons. The molecule has 0 aliphatic rings. The normalized spacial score (nSPS) is 12.5. The first-order valence-corrected chi connectivity index (χ1v) is 5.65. The van der Waals surface area contributed by atoms with Gasteiger partial charge in [0.2, 0.25) is 5.91 Å². The van der Waals surface area contributed by atoms with E-state index in [0.29, 0.717) is 13.0 Å². The van der Waals surface area contributed by atoms with E-state index in [0.717, 1.165) is 10.7 Å². The van der Waals surface area contributed by atoms with Gasteiger partial charge in [-0.15, -0.1) is 0 Å². The maximum atomic E-state index is 11.1. The summed E-state index contributed by atoms with van der Waals surface area (Å²) >= 11 is 5.88. The van der Waals surface area contributed by atoms with Crippen molar-refractivity contribution in [2.75, 3.05) is 7.05 Å². The van der Waals surface area contributed by atoms with Crippen molar-refractivity contribution in [3.05, 3.63) is 23.0 Å². The van der Waals surface area contributed by atoms with Crippen LogP contribution in [0.25, 0.3) is 0 Å². The van der Waals surface area contributed by atoms with Gasteiger partial charge in [0, 0.05) is 45.0 Å².